The fourth-order valence-corrected chi connectivity index (χ4v) is 4.25. The van der Waals surface area contributed by atoms with Crippen LogP contribution in [-0.4, -0.2) is 74.1 Å². The average Bonchev–Trinajstić information content (AvgIpc) is 3.13. The first-order valence-corrected chi connectivity index (χ1v) is 11.3. The Morgan fingerprint density at radius 1 is 0.941 bits per heavy atom. The van der Waals surface area contributed by atoms with Crippen molar-refractivity contribution in [3.8, 4) is 17.2 Å². The standard InChI is InChI=1S/C26H32N2O6/c1-6-27(7-2)14-15-28-23(18-10-8-9-11-19(18)32-3)22(25(30)26(28)31)24(29)17-12-13-20(33-4)21(16-17)34-5/h8-13,16,23,29H,6-7,14-15H2,1-5H3/b24-22+. The minimum absolute atomic E-state index is 0.0151. The topological polar surface area (TPSA) is 88.5 Å². The summed E-state index contributed by atoms with van der Waals surface area (Å²) in [5.74, 6) is -0.245. The van der Waals surface area contributed by atoms with E-state index >= 15 is 0 Å². The van der Waals surface area contributed by atoms with E-state index in [1.165, 1.54) is 26.2 Å². The number of hydrogen-bond donors (Lipinski definition) is 1. The highest BCUT2D eigenvalue weighted by atomic mass is 16.5. The molecule has 3 rings (SSSR count). The van der Waals surface area contributed by atoms with Crippen LogP contribution in [0.25, 0.3) is 5.76 Å². The van der Waals surface area contributed by atoms with E-state index in [4.69, 9.17) is 14.2 Å². The van der Waals surface area contributed by atoms with Crippen LogP contribution in [0.5, 0.6) is 17.2 Å². The Morgan fingerprint density at radius 2 is 1.59 bits per heavy atom. The van der Waals surface area contributed by atoms with Crippen molar-refractivity contribution in [2.45, 2.75) is 19.9 Å². The number of carbonyl (C=O) groups excluding carboxylic acids is 2. The summed E-state index contributed by atoms with van der Waals surface area (Å²) in [6.45, 7) is 6.68. The van der Waals surface area contributed by atoms with Crippen molar-refractivity contribution in [2.75, 3.05) is 47.5 Å². The van der Waals surface area contributed by atoms with E-state index < -0.39 is 17.7 Å². The number of Topliss-reactive ketones (excluding diaryl/α,β-unsaturated/α-hetero) is 1. The molecule has 2 aromatic rings. The molecule has 0 spiro atoms. The first-order chi connectivity index (χ1) is 16.4. The number of para-hydroxylation sites is 1. The second-order valence-corrected chi connectivity index (χ2v) is 7.83. The second-order valence-electron chi connectivity index (χ2n) is 7.83. The molecule has 1 unspecified atom stereocenters. The van der Waals surface area contributed by atoms with E-state index in [0.29, 0.717) is 41.5 Å². The molecule has 34 heavy (non-hydrogen) atoms. The van der Waals surface area contributed by atoms with E-state index in [1.807, 2.05) is 32.0 Å². The third-order valence-corrected chi connectivity index (χ3v) is 6.18. The van der Waals surface area contributed by atoms with Crippen LogP contribution >= 0.6 is 0 Å². The van der Waals surface area contributed by atoms with Crippen LogP contribution < -0.4 is 14.2 Å². The van der Waals surface area contributed by atoms with Crippen LogP contribution in [-0.2, 0) is 9.59 Å². The van der Waals surface area contributed by atoms with Crippen molar-refractivity contribution in [3.63, 3.8) is 0 Å². The highest BCUT2D eigenvalue weighted by Gasteiger charge is 2.47. The minimum atomic E-state index is -0.792. The predicted octanol–water partition coefficient (Wildman–Crippen LogP) is 3.48. The molecule has 8 heteroatoms. The lowest BCUT2D eigenvalue weighted by Crippen LogP contribution is -2.38. The Labute approximate surface area is 200 Å². The fourth-order valence-electron chi connectivity index (χ4n) is 4.25. The molecule has 0 aliphatic carbocycles. The lowest BCUT2D eigenvalue weighted by atomic mass is 9.94. The van der Waals surface area contributed by atoms with E-state index in [-0.39, 0.29) is 11.3 Å². The minimum Gasteiger partial charge on any atom is -0.507 e. The molecule has 1 N–H and O–H groups in total. The first-order valence-electron chi connectivity index (χ1n) is 11.3. The number of likely N-dealkylation sites (N-methyl/N-ethyl adjacent to an activating group) is 1. The molecule has 2 aromatic carbocycles. The van der Waals surface area contributed by atoms with Crippen molar-refractivity contribution in [3.05, 3.63) is 59.2 Å². The lowest BCUT2D eigenvalue weighted by molar-refractivity contribution is -0.140. The number of aliphatic hydroxyl groups excluding tert-OH is 1. The second kappa shape index (κ2) is 11.1. The van der Waals surface area contributed by atoms with Crippen LogP contribution in [0.4, 0.5) is 0 Å². The number of rotatable bonds is 10. The molecular formula is C26H32N2O6. The number of nitrogens with zero attached hydrogens (tertiary/aromatic N) is 2. The summed E-state index contributed by atoms with van der Waals surface area (Å²) in [6.07, 6.45) is 0. The number of ether oxygens (including phenoxy) is 3. The molecule has 1 atom stereocenters. The van der Waals surface area contributed by atoms with Crippen molar-refractivity contribution in [1.29, 1.82) is 0 Å². The molecule has 1 saturated heterocycles. The summed E-state index contributed by atoms with van der Waals surface area (Å²) >= 11 is 0. The number of carbonyl (C=O) groups is 2. The Morgan fingerprint density at radius 3 is 2.21 bits per heavy atom. The number of benzene rings is 2. The number of ketones is 1. The summed E-state index contributed by atoms with van der Waals surface area (Å²) in [6, 6.07) is 11.3. The molecule has 182 valence electrons. The molecule has 0 bridgehead atoms. The van der Waals surface area contributed by atoms with Gasteiger partial charge in [0.15, 0.2) is 11.5 Å². The van der Waals surface area contributed by atoms with Crippen LogP contribution in [0.3, 0.4) is 0 Å². The Hall–Kier alpha value is -3.52. The van der Waals surface area contributed by atoms with Crippen LogP contribution in [0.2, 0.25) is 0 Å². The monoisotopic (exact) mass is 468 g/mol. The predicted molar refractivity (Wildman–Crippen MR) is 129 cm³/mol. The molecule has 0 radical (unpaired) electrons. The van der Waals surface area contributed by atoms with Crippen molar-refractivity contribution >= 4 is 17.4 Å². The van der Waals surface area contributed by atoms with Gasteiger partial charge in [0.05, 0.1) is 32.9 Å². The van der Waals surface area contributed by atoms with Gasteiger partial charge in [0.25, 0.3) is 11.7 Å². The number of amides is 1. The zero-order valence-corrected chi connectivity index (χ0v) is 20.3. The van der Waals surface area contributed by atoms with Gasteiger partial charge >= 0.3 is 0 Å². The third-order valence-electron chi connectivity index (χ3n) is 6.18. The first kappa shape index (κ1) is 25.1. The highest BCUT2D eigenvalue weighted by molar-refractivity contribution is 6.46. The van der Waals surface area contributed by atoms with Crippen LogP contribution in [0.1, 0.15) is 31.0 Å². The molecular weight excluding hydrogens is 436 g/mol. The van der Waals surface area contributed by atoms with E-state index in [2.05, 4.69) is 4.90 Å². The van der Waals surface area contributed by atoms with E-state index in [0.717, 1.165) is 13.1 Å². The van der Waals surface area contributed by atoms with Gasteiger partial charge in [-0.25, -0.2) is 0 Å². The molecule has 1 fully saturated rings. The lowest BCUT2D eigenvalue weighted by Gasteiger charge is -2.29. The van der Waals surface area contributed by atoms with Gasteiger partial charge in [-0.15, -0.1) is 0 Å². The van der Waals surface area contributed by atoms with Gasteiger partial charge in [-0.1, -0.05) is 32.0 Å². The van der Waals surface area contributed by atoms with Gasteiger partial charge in [0, 0.05) is 24.2 Å². The number of hydrogen-bond acceptors (Lipinski definition) is 7. The quantitative estimate of drug-likeness (QED) is 0.324. The third kappa shape index (κ3) is 4.72. The molecule has 0 saturated carbocycles. The molecule has 1 aliphatic rings. The molecule has 1 amide bonds. The average molecular weight is 469 g/mol. The van der Waals surface area contributed by atoms with Gasteiger partial charge in [-0.3, -0.25) is 9.59 Å². The number of aliphatic hydroxyl groups is 1. The Bertz CT molecular complexity index is 1080. The summed E-state index contributed by atoms with van der Waals surface area (Å²) in [5, 5.41) is 11.3. The maximum atomic E-state index is 13.3. The number of likely N-dealkylation sites (tertiary alicyclic amines) is 1. The molecule has 0 aromatic heterocycles. The van der Waals surface area contributed by atoms with Crippen molar-refractivity contribution in [2.24, 2.45) is 0 Å². The Balaban J connectivity index is 2.17. The number of methoxy groups -OCH3 is 3. The van der Waals surface area contributed by atoms with Crippen LogP contribution in [0, 0.1) is 0 Å². The van der Waals surface area contributed by atoms with E-state index in [1.54, 1.807) is 24.3 Å². The van der Waals surface area contributed by atoms with Gasteiger partial charge in [-0.2, -0.15) is 0 Å². The fraction of sp³-hybridized carbons (Fsp3) is 0.385. The maximum Gasteiger partial charge on any atom is 0.295 e. The van der Waals surface area contributed by atoms with Crippen molar-refractivity contribution in [1.82, 2.24) is 9.80 Å². The van der Waals surface area contributed by atoms with Gasteiger partial charge in [0.2, 0.25) is 0 Å². The SMILES string of the molecule is CCN(CC)CCN1C(=O)C(=O)/C(=C(/O)c2ccc(OC)c(OC)c2)C1c1ccccc1OC. The van der Waals surface area contributed by atoms with E-state index in [9.17, 15) is 14.7 Å². The summed E-state index contributed by atoms with van der Waals surface area (Å²) < 4.78 is 16.2. The van der Waals surface area contributed by atoms with Gasteiger partial charge in [-0.05, 0) is 37.4 Å². The van der Waals surface area contributed by atoms with Crippen molar-refractivity contribution < 1.29 is 28.9 Å². The smallest absolute Gasteiger partial charge is 0.295 e. The van der Waals surface area contributed by atoms with Crippen LogP contribution in [0.15, 0.2) is 48.0 Å². The molecule has 1 heterocycles. The molecule has 1 aliphatic heterocycles. The molecule has 8 nitrogen and oxygen atoms in total. The largest absolute Gasteiger partial charge is 0.507 e. The van der Waals surface area contributed by atoms with Gasteiger partial charge < -0.3 is 29.1 Å². The summed E-state index contributed by atoms with van der Waals surface area (Å²) in [7, 11) is 4.54. The Kier molecular flexibility index (Phi) is 8.17. The summed E-state index contributed by atoms with van der Waals surface area (Å²) in [5.41, 5.74) is 0.992. The zero-order chi connectivity index (χ0) is 24.8. The maximum absolute atomic E-state index is 13.3. The summed E-state index contributed by atoms with van der Waals surface area (Å²) in [4.78, 5) is 30.1. The van der Waals surface area contributed by atoms with Gasteiger partial charge in [0.1, 0.15) is 11.5 Å². The zero-order valence-electron chi connectivity index (χ0n) is 20.3. The highest BCUT2D eigenvalue weighted by Crippen LogP contribution is 2.43. The normalized spacial score (nSPS) is 17.4.